The van der Waals surface area contributed by atoms with Crippen LogP contribution in [0.3, 0.4) is 0 Å². The van der Waals surface area contributed by atoms with Crippen LogP contribution in [0.15, 0.2) is 0 Å². The van der Waals surface area contributed by atoms with E-state index in [0.29, 0.717) is 12.8 Å². The molecule has 0 aliphatic carbocycles. The Morgan fingerprint density at radius 1 is 1.67 bits per heavy atom. The van der Waals surface area contributed by atoms with Crippen LogP contribution in [0.5, 0.6) is 0 Å². The van der Waals surface area contributed by atoms with Crippen molar-refractivity contribution in [2.45, 2.75) is 24.1 Å². The largest absolute Gasteiger partial charge is 0.391 e. The maximum atomic E-state index is 9.02. The Kier molecular flexibility index (Phi) is 2.00. The molecule has 0 radical (unpaired) electrons. The van der Waals surface area contributed by atoms with Gasteiger partial charge >= 0.3 is 0 Å². The number of thiol groups is 1. The molecule has 2 atom stereocenters. The lowest BCUT2D eigenvalue weighted by Crippen LogP contribution is -2.36. The SMILES string of the molecule is OC1CCC(O)(S)OC1. The van der Waals surface area contributed by atoms with Crippen LogP contribution in [0.2, 0.25) is 0 Å². The summed E-state index contributed by atoms with van der Waals surface area (Å²) in [6.07, 6.45) is 0.509. The normalized spacial score (nSPS) is 45.0. The van der Waals surface area contributed by atoms with Crippen LogP contribution in [0.1, 0.15) is 12.8 Å². The molecule has 9 heavy (non-hydrogen) atoms. The first kappa shape index (κ1) is 7.34. The van der Waals surface area contributed by atoms with Crippen LogP contribution in [0.25, 0.3) is 0 Å². The maximum absolute atomic E-state index is 9.02. The zero-order valence-electron chi connectivity index (χ0n) is 4.95. The Hall–Kier alpha value is 0.230. The molecule has 0 aromatic rings. The average molecular weight is 150 g/mol. The van der Waals surface area contributed by atoms with E-state index in [1.54, 1.807) is 0 Å². The Labute approximate surface area is 59.1 Å². The summed E-state index contributed by atoms with van der Waals surface area (Å²) in [4.78, 5) is 0. The van der Waals surface area contributed by atoms with Crippen molar-refractivity contribution in [3.63, 3.8) is 0 Å². The molecule has 3 nitrogen and oxygen atoms in total. The molecule has 0 aromatic heterocycles. The molecule has 1 saturated heterocycles. The highest BCUT2D eigenvalue weighted by molar-refractivity contribution is 7.81. The molecule has 0 amide bonds. The van der Waals surface area contributed by atoms with E-state index in [0.717, 1.165) is 0 Å². The van der Waals surface area contributed by atoms with Crippen LogP contribution >= 0.6 is 12.6 Å². The second-order valence-corrected chi connectivity index (χ2v) is 2.95. The topological polar surface area (TPSA) is 49.7 Å². The highest BCUT2D eigenvalue weighted by Crippen LogP contribution is 2.25. The summed E-state index contributed by atoms with van der Waals surface area (Å²) in [5, 5.41) is 16.6. The lowest BCUT2D eigenvalue weighted by atomic mass is 10.1. The van der Waals surface area contributed by atoms with E-state index in [9.17, 15) is 0 Å². The van der Waals surface area contributed by atoms with Gasteiger partial charge in [-0.25, -0.2) is 0 Å². The molecule has 1 rings (SSSR count). The van der Waals surface area contributed by atoms with Crippen molar-refractivity contribution in [2.75, 3.05) is 6.61 Å². The van der Waals surface area contributed by atoms with E-state index in [1.165, 1.54) is 0 Å². The molecule has 1 fully saturated rings. The smallest absolute Gasteiger partial charge is 0.212 e. The quantitative estimate of drug-likeness (QED) is 0.329. The van der Waals surface area contributed by atoms with Gasteiger partial charge < -0.3 is 14.9 Å². The Bertz CT molecular complexity index is 94.4. The second-order valence-electron chi connectivity index (χ2n) is 2.25. The second kappa shape index (κ2) is 2.46. The minimum atomic E-state index is -1.31. The molecule has 1 heterocycles. The molecule has 1 aliphatic heterocycles. The fourth-order valence-electron chi connectivity index (χ4n) is 0.740. The summed E-state index contributed by atoms with van der Waals surface area (Å²) < 4.78 is 4.75. The standard InChI is InChI=1S/C5H10O3S/c6-4-1-2-5(7,9)8-3-4/h4,6-7,9H,1-3H2. The van der Waals surface area contributed by atoms with Gasteiger partial charge in [0.1, 0.15) is 0 Å². The van der Waals surface area contributed by atoms with E-state index in [-0.39, 0.29) is 6.61 Å². The van der Waals surface area contributed by atoms with E-state index < -0.39 is 11.2 Å². The summed E-state index contributed by atoms with van der Waals surface area (Å²) in [5.74, 6) is 0. The summed E-state index contributed by atoms with van der Waals surface area (Å²) in [5.41, 5.74) is 0. The summed E-state index contributed by atoms with van der Waals surface area (Å²) in [6.45, 7) is 0.181. The predicted octanol–water partition coefficient (Wildman–Crippen LogP) is -0.266. The molecule has 1 aliphatic rings. The molecule has 0 saturated carbocycles. The van der Waals surface area contributed by atoms with Crippen LogP contribution in [-0.2, 0) is 4.74 Å². The first-order chi connectivity index (χ1) is 4.10. The fraction of sp³-hybridized carbons (Fsp3) is 1.00. The number of ether oxygens (including phenoxy) is 1. The number of aliphatic hydroxyl groups is 2. The molecule has 0 spiro atoms. The van der Waals surface area contributed by atoms with Crippen molar-refractivity contribution in [3.8, 4) is 0 Å². The molecular weight excluding hydrogens is 140 g/mol. The Morgan fingerprint density at radius 2 is 2.33 bits per heavy atom. The average Bonchev–Trinajstić information content (AvgIpc) is 1.78. The molecule has 4 heteroatoms. The lowest BCUT2D eigenvalue weighted by molar-refractivity contribution is -0.180. The minimum absolute atomic E-state index is 0.181. The Morgan fingerprint density at radius 3 is 2.67 bits per heavy atom. The van der Waals surface area contributed by atoms with Crippen molar-refractivity contribution >= 4 is 12.6 Å². The highest BCUT2D eigenvalue weighted by Gasteiger charge is 2.29. The predicted molar refractivity (Wildman–Crippen MR) is 35.1 cm³/mol. The van der Waals surface area contributed by atoms with E-state index >= 15 is 0 Å². The monoisotopic (exact) mass is 150 g/mol. The van der Waals surface area contributed by atoms with Crippen molar-refractivity contribution in [3.05, 3.63) is 0 Å². The van der Waals surface area contributed by atoms with Gasteiger partial charge in [-0.05, 0) is 6.42 Å². The lowest BCUT2D eigenvalue weighted by Gasteiger charge is -2.29. The van der Waals surface area contributed by atoms with Crippen molar-refractivity contribution in [1.82, 2.24) is 0 Å². The van der Waals surface area contributed by atoms with Crippen molar-refractivity contribution in [1.29, 1.82) is 0 Å². The van der Waals surface area contributed by atoms with E-state index in [2.05, 4.69) is 12.6 Å². The van der Waals surface area contributed by atoms with E-state index in [4.69, 9.17) is 14.9 Å². The third-order valence-electron chi connectivity index (χ3n) is 1.31. The van der Waals surface area contributed by atoms with Gasteiger partial charge in [-0.2, -0.15) is 0 Å². The maximum Gasteiger partial charge on any atom is 0.212 e. The van der Waals surface area contributed by atoms with Crippen LogP contribution < -0.4 is 0 Å². The summed E-state index contributed by atoms with van der Waals surface area (Å²) in [6, 6.07) is 0. The van der Waals surface area contributed by atoms with Gasteiger partial charge in [0.05, 0.1) is 12.7 Å². The van der Waals surface area contributed by atoms with Gasteiger partial charge in [0, 0.05) is 6.42 Å². The molecule has 0 aromatic carbocycles. The molecule has 2 N–H and O–H groups in total. The van der Waals surface area contributed by atoms with Crippen LogP contribution in [0, 0.1) is 0 Å². The number of hydrogen-bond donors (Lipinski definition) is 3. The van der Waals surface area contributed by atoms with Gasteiger partial charge in [-0.3, -0.25) is 0 Å². The molecule has 2 unspecified atom stereocenters. The van der Waals surface area contributed by atoms with Gasteiger partial charge in [0.15, 0.2) is 0 Å². The van der Waals surface area contributed by atoms with Gasteiger partial charge in [-0.1, -0.05) is 0 Å². The minimum Gasteiger partial charge on any atom is -0.391 e. The van der Waals surface area contributed by atoms with Gasteiger partial charge in [0.2, 0.25) is 5.12 Å². The fourth-order valence-corrected chi connectivity index (χ4v) is 0.943. The number of hydrogen-bond acceptors (Lipinski definition) is 4. The van der Waals surface area contributed by atoms with Gasteiger partial charge in [-0.15, -0.1) is 12.6 Å². The summed E-state index contributed by atoms with van der Waals surface area (Å²) >= 11 is 3.78. The summed E-state index contributed by atoms with van der Waals surface area (Å²) in [7, 11) is 0. The third-order valence-corrected chi connectivity index (χ3v) is 1.66. The van der Waals surface area contributed by atoms with Crippen molar-refractivity contribution < 1.29 is 14.9 Å². The zero-order valence-corrected chi connectivity index (χ0v) is 5.84. The van der Waals surface area contributed by atoms with Gasteiger partial charge in [0.25, 0.3) is 0 Å². The Balaban J connectivity index is 2.35. The van der Waals surface area contributed by atoms with Crippen LogP contribution in [-0.4, -0.2) is 28.0 Å². The van der Waals surface area contributed by atoms with Crippen LogP contribution in [0.4, 0.5) is 0 Å². The number of aliphatic hydroxyl groups excluding tert-OH is 1. The molecular formula is C5H10O3S. The highest BCUT2D eigenvalue weighted by atomic mass is 32.1. The zero-order chi connectivity index (χ0) is 6.91. The first-order valence-corrected chi connectivity index (χ1v) is 3.32. The van der Waals surface area contributed by atoms with Crippen molar-refractivity contribution in [2.24, 2.45) is 0 Å². The molecule has 0 bridgehead atoms. The van der Waals surface area contributed by atoms with E-state index in [1.807, 2.05) is 0 Å². The molecule has 54 valence electrons. The third kappa shape index (κ3) is 2.14. The number of rotatable bonds is 0. The first-order valence-electron chi connectivity index (χ1n) is 2.87.